The highest BCUT2D eigenvalue weighted by Gasteiger charge is 2.16. The highest BCUT2D eigenvalue weighted by Crippen LogP contribution is 2.12. The molecule has 1 fully saturated rings. The molecule has 1 amide bonds. The fraction of sp³-hybridized carbons (Fsp3) is 0.500. The van der Waals surface area contributed by atoms with E-state index in [1.807, 2.05) is 0 Å². The zero-order valence-electron chi connectivity index (χ0n) is 10.7. The first-order valence-corrected chi connectivity index (χ1v) is 6.60. The Balaban J connectivity index is 1.91. The molecule has 1 aliphatic rings. The molecule has 104 valence electrons. The van der Waals surface area contributed by atoms with Crippen molar-refractivity contribution in [1.82, 2.24) is 10.6 Å². The lowest BCUT2D eigenvalue weighted by Gasteiger charge is -2.16. The molecule has 0 saturated carbocycles. The van der Waals surface area contributed by atoms with Crippen LogP contribution in [-0.2, 0) is 11.2 Å². The summed E-state index contributed by atoms with van der Waals surface area (Å²) in [6, 6.07) is 4.02. The topological polar surface area (TPSA) is 41.1 Å². The van der Waals surface area contributed by atoms with Gasteiger partial charge in [-0.25, -0.2) is 8.78 Å². The van der Waals surface area contributed by atoms with E-state index in [1.54, 1.807) is 0 Å². The molecule has 0 aliphatic carbocycles. The molecular formula is C14H18F2N2O. The van der Waals surface area contributed by atoms with Gasteiger partial charge in [0.1, 0.15) is 0 Å². The van der Waals surface area contributed by atoms with Crippen molar-refractivity contribution in [2.24, 2.45) is 0 Å². The van der Waals surface area contributed by atoms with Gasteiger partial charge in [0, 0.05) is 11.6 Å². The smallest absolute Gasteiger partial charge is 0.224 e. The Hall–Kier alpha value is -1.49. The third kappa shape index (κ3) is 3.99. The summed E-state index contributed by atoms with van der Waals surface area (Å²) in [7, 11) is 0. The Morgan fingerprint density at radius 1 is 1.32 bits per heavy atom. The molecule has 0 aromatic heterocycles. The summed E-state index contributed by atoms with van der Waals surface area (Å²) in [6.45, 7) is 1.84. The number of halogens is 2. The molecule has 0 radical (unpaired) electrons. The van der Waals surface area contributed by atoms with Crippen LogP contribution in [0.2, 0.25) is 0 Å². The number of hydrogen-bond donors (Lipinski definition) is 2. The predicted octanol–water partition coefficient (Wildman–Crippen LogP) is 1.77. The summed E-state index contributed by atoms with van der Waals surface area (Å²) in [5.41, 5.74) is 0.101. The van der Waals surface area contributed by atoms with Crippen molar-refractivity contribution in [1.29, 1.82) is 0 Å². The molecule has 1 atom stereocenters. The molecular weight excluding hydrogens is 250 g/mol. The lowest BCUT2D eigenvalue weighted by molar-refractivity contribution is -0.121. The molecule has 0 bridgehead atoms. The Bertz CT molecular complexity index is 443. The van der Waals surface area contributed by atoms with Crippen LogP contribution >= 0.6 is 0 Å². The maximum absolute atomic E-state index is 13.4. The number of carbonyl (C=O) groups excluding carboxylic acids is 1. The van der Waals surface area contributed by atoms with E-state index in [9.17, 15) is 13.6 Å². The van der Waals surface area contributed by atoms with E-state index >= 15 is 0 Å². The molecule has 5 heteroatoms. The summed E-state index contributed by atoms with van der Waals surface area (Å²) in [6.07, 6.45) is 2.69. The minimum Gasteiger partial charge on any atom is -0.353 e. The largest absolute Gasteiger partial charge is 0.353 e. The fourth-order valence-electron chi connectivity index (χ4n) is 2.30. The Kier molecular flexibility index (Phi) is 4.85. The summed E-state index contributed by atoms with van der Waals surface area (Å²) in [4.78, 5) is 11.8. The van der Waals surface area contributed by atoms with Gasteiger partial charge in [-0.2, -0.15) is 0 Å². The highest BCUT2D eigenvalue weighted by molar-refractivity contribution is 5.78. The van der Waals surface area contributed by atoms with Gasteiger partial charge in [0.25, 0.3) is 0 Å². The van der Waals surface area contributed by atoms with Crippen LogP contribution in [0.4, 0.5) is 8.78 Å². The molecule has 1 aromatic rings. The van der Waals surface area contributed by atoms with Gasteiger partial charge in [0.05, 0.1) is 6.42 Å². The van der Waals surface area contributed by atoms with Crippen molar-refractivity contribution in [3.8, 4) is 0 Å². The van der Waals surface area contributed by atoms with Crippen molar-refractivity contribution >= 4 is 5.91 Å². The lowest BCUT2D eigenvalue weighted by atomic mass is 10.1. The van der Waals surface area contributed by atoms with Crippen molar-refractivity contribution in [3.05, 3.63) is 35.4 Å². The second kappa shape index (κ2) is 6.61. The molecule has 1 saturated heterocycles. The maximum atomic E-state index is 13.4. The van der Waals surface area contributed by atoms with Crippen LogP contribution in [0.15, 0.2) is 18.2 Å². The first-order chi connectivity index (χ1) is 9.16. The third-order valence-corrected chi connectivity index (χ3v) is 3.32. The van der Waals surface area contributed by atoms with Gasteiger partial charge in [-0.05, 0) is 38.4 Å². The monoisotopic (exact) mass is 268 g/mol. The van der Waals surface area contributed by atoms with E-state index in [0.717, 1.165) is 38.4 Å². The minimum atomic E-state index is -0.930. The predicted molar refractivity (Wildman–Crippen MR) is 68.7 cm³/mol. The van der Waals surface area contributed by atoms with Gasteiger partial charge in [0.2, 0.25) is 5.91 Å². The summed E-state index contributed by atoms with van der Waals surface area (Å²) in [5.74, 6) is -2.10. The van der Waals surface area contributed by atoms with E-state index in [2.05, 4.69) is 10.6 Å². The molecule has 1 aliphatic heterocycles. The number of hydrogen-bond acceptors (Lipinski definition) is 2. The van der Waals surface area contributed by atoms with Gasteiger partial charge in [-0.3, -0.25) is 4.79 Å². The van der Waals surface area contributed by atoms with Gasteiger partial charge in [0.15, 0.2) is 11.6 Å². The normalized spacial score (nSPS) is 19.8. The van der Waals surface area contributed by atoms with Crippen LogP contribution in [0.25, 0.3) is 0 Å². The Morgan fingerprint density at radius 3 is 3.00 bits per heavy atom. The number of amides is 1. The number of rotatable bonds is 3. The van der Waals surface area contributed by atoms with Crippen LogP contribution in [-0.4, -0.2) is 25.0 Å². The van der Waals surface area contributed by atoms with E-state index in [1.165, 1.54) is 12.1 Å². The Labute approximate surface area is 111 Å². The molecule has 1 aromatic carbocycles. The quantitative estimate of drug-likeness (QED) is 0.877. The first-order valence-electron chi connectivity index (χ1n) is 6.60. The molecule has 2 rings (SSSR count). The molecule has 3 nitrogen and oxygen atoms in total. The van der Waals surface area contributed by atoms with E-state index in [-0.39, 0.29) is 23.9 Å². The first kappa shape index (κ1) is 13.9. The average molecular weight is 268 g/mol. The molecule has 0 spiro atoms. The van der Waals surface area contributed by atoms with Gasteiger partial charge in [-0.15, -0.1) is 0 Å². The van der Waals surface area contributed by atoms with Gasteiger partial charge < -0.3 is 10.6 Å². The van der Waals surface area contributed by atoms with Crippen LogP contribution in [0.1, 0.15) is 24.8 Å². The van der Waals surface area contributed by atoms with Crippen LogP contribution in [0.3, 0.4) is 0 Å². The number of nitrogens with one attached hydrogen (secondary N) is 2. The molecule has 1 heterocycles. The highest BCUT2D eigenvalue weighted by atomic mass is 19.2. The second-order valence-electron chi connectivity index (χ2n) is 4.84. The fourth-order valence-corrected chi connectivity index (χ4v) is 2.30. The van der Waals surface area contributed by atoms with Crippen molar-refractivity contribution in [2.45, 2.75) is 31.7 Å². The number of carbonyl (C=O) groups is 1. The second-order valence-corrected chi connectivity index (χ2v) is 4.84. The standard InChI is InChI=1S/C14H18F2N2O/c15-12-5-1-3-10(14(12)16)9-13(19)18-11-4-2-7-17-8-6-11/h1,3,5,11,17H,2,4,6-9H2,(H,18,19). The van der Waals surface area contributed by atoms with E-state index in [4.69, 9.17) is 0 Å². The third-order valence-electron chi connectivity index (χ3n) is 3.32. The summed E-state index contributed by atoms with van der Waals surface area (Å²) in [5, 5.41) is 6.14. The molecule has 2 N–H and O–H groups in total. The molecule has 1 unspecified atom stereocenters. The van der Waals surface area contributed by atoms with Gasteiger partial charge in [-0.1, -0.05) is 12.1 Å². The van der Waals surface area contributed by atoms with Crippen LogP contribution < -0.4 is 10.6 Å². The lowest BCUT2D eigenvalue weighted by Crippen LogP contribution is -2.36. The van der Waals surface area contributed by atoms with Crippen LogP contribution in [0.5, 0.6) is 0 Å². The van der Waals surface area contributed by atoms with Crippen molar-refractivity contribution in [2.75, 3.05) is 13.1 Å². The SMILES string of the molecule is O=C(Cc1cccc(F)c1F)NC1CCCNCC1. The van der Waals surface area contributed by atoms with E-state index < -0.39 is 11.6 Å². The minimum absolute atomic E-state index is 0.101. The Morgan fingerprint density at radius 2 is 2.16 bits per heavy atom. The summed E-state index contributed by atoms with van der Waals surface area (Å²) >= 11 is 0. The average Bonchev–Trinajstić information content (AvgIpc) is 2.63. The van der Waals surface area contributed by atoms with Gasteiger partial charge >= 0.3 is 0 Å². The molecule has 19 heavy (non-hydrogen) atoms. The van der Waals surface area contributed by atoms with Crippen molar-refractivity contribution in [3.63, 3.8) is 0 Å². The van der Waals surface area contributed by atoms with Crippen LogP contribution in [0, 0.1) is 11.6 Å². The number of benzene rings is 1. The zero-order chi connectivity index (χ0) is 13.7. The summed E-state index contributed by atoms with van der Waals surface area (Å²) < 4.78 is 26.5. The zero-order valence-corrected chi connectivity index (χ0v) is 10.7. The van der Waals surface area contributed by atoms with E-state index in [0.29, 0.717) is 0 Å². The van der Waals surface area contributed by atoms with Crippen molar-refractivity contribution < 1.29 is 13.6 Å². The maximum Gasteiger partial charge on any atom is 0.224 e.